The van der Waals surface area contributed by atoms with Gasteiger partial charge in [0.1, 0.15) is 13.2 Å². The van der Waals surface area contributed by atoms with Crippen LogP contribution in [0.3, 0.4) is 0 Å². The first-order valence-corrected chi connectivity index (χ1v) is 11.5. The van der Waals surface area contributed by atoms with Gasteiger partial charge in [-0.3, -0.25) is 9.59 Å². The van der Waals surface area contributed by atoms with E-state index in [-0.39, 0.29) is 24.7 Å². The van der Waals surface area contributed by atoms with Crippen molar-refractivity contribution in [2.24, 2.45) is 10.2 Å². The summed E-state index contributed by atoms with van der Waals surface area (Å²) < 4.78 is 21.6. The van der Waals surface area contributed by atoms with E-state index < -0.39 is 0 Å². The molecule has 2 amide bonds. The van der Waals surface area contributed by atoms with Crippen molar-refractivity contribution in [2.75, 3.05) is 27.4 Å². The van der Waals surface area contributed by atoms with Gasteiger partial charge in [0.2, 0.25) is 11.8 Å². The fourth-order valence-electron chi connectivity index (χ4n) is 2.94. The Morgan fingerprint density at radius 3 is 1.57 bits per heavy atom. The van der Waals surface area contributed by atoms with Crippen molar-refractivity contribution in [1.82, 2.24) is 10.9 Å². The summed E-state index contributed by atoms with van der Waals surface area (Å²) in [6.45, 7) is 7.94. The van der Waals surface area contributed by atoms with Crippen LogP contribution in [-0.2, 0) is 9.59 Å². The molecule has 2 rings (SSSR count). The van der Waals surface area contributed by atoms with E-state index in [1.165, 1.54) is 26.6 Å². The average Bonchev–Trinajstić information content (AvgIpc) is 2.91. The molecule has 0 aliphatic carbocycles. The number of rotatable bonds is 16. The van der Waals surface area contributed by atoms with Crippen LogP contribution in [-0.4, -0.2) is 51.7 Å². The van der Waals surface area contributed by atoms with E-state index in [2.05, 4.69) is 34.2 Å². The van der Waals surface area contributed by atoms with Gasteiger partial charge in [-0.1, -0.05) is 25.3 Å². The highest BCUT2D eigenvalue weighted by atomic mass is 16.5. The lowest BCUT2D eigenvalue weighted by atomic mass is 10.2. The topological polar surface area (TPSA) is 120 Å². The van der Waals surface area contributed by atoms with Crippen LogP contribution in [0.4, 0.5) is 0 Å². The number of nitrogens with zero attached hydrogens (tertiary/aromatic N) is 2. The van der Waals surface area contributed by atoms with Crippen molar-refractivity contribution >= 4 is 24.2 Å². The summed E-state index contributed by atoms with van der Waals surface area (Å²) in [5, 5.41) is 7.88. The molecule has 0 bridgehead atoms. The summed E-state index contributed by atoms with van der Waals surface area (Å²) in [6.07, 6.45) is 6.88. The van der Waals surface area contributed by atoms with Gasteiger partial charge in [-0.25, -0.2) is 10.9 Å². The summed E-state index contributed by atoms with van der Waals surface area (Å²) in [5.74, 6) is 1.63. The number of benzene rings is 2. The minimum Gasteiger partial charge on any atom is -0.493 e. The third kappa shape index (κ3) is 10.3. The molecule has 2 aromatic carbocycles. The predicted molar refractivity (Wildman–Crippen MR) is 143 cm³/mol. The Morgan fingerprint density at radius 1 is 0.757 bits per heavy atom. The number of hydrogen-bond donors (Lipinski definition) is 2. The van der Waals surface area contributed by atoms with Gasteiger partial charge in [0.25, 0.3) is 0 Å². The molecule has 0 atom stereocenters. The SMILES string of the molecule is C=CCOc1ccc(/C=N\NC(=O)CCCC(=O)N/N=C\c2ccc(OCC=C)c(OC)c2)cc1OC. The molecule has 2 N–H and O–H groups in total. The maximum atomic E-state index is 12.0. The largest absolute Gasteiger partial charge is 0.493 e. The van der Waals surface area contributed by atoms with Gasteiger partial charge in [-0.05, 0) is 53.9 Å². The maximum Gasteiger partial charge on any atom is 0.240 e. The quantitative estimate of drug-likeness (QED) is 0.203. The van der Waals surface area contributed by atoms with Crippen molar-refractivity contribution < 1.29 is 28.5 Å². The third-order valence-corrected chi connectivity index (χ3v) is 4.70. The number of amides is 2. The van der Waals surface area contributed by atoms with Gasteiger partial charge >= 0.3 is 0 Å². The van der Waals surface area contributed by atoms with Crippen LogP contribution in [0.25, 0.3) is 0 Å². The molecule has 0 saturated carbocycles. The molecule has 10 heteroatoms. The number of methoxy groups -OCH3 is 2. The monoisotopic (exact) mass is 508 g/mol. The highest BCUT2D eigenvalue weighted by Crippen LogP contribution is 2.28. The normalized spacial score (nSPS) is 10.6. The second kappa shape index (κ2) is 16.1. The lowest BCUT2D eigenvalue weighted by Gasteiger charge is -2.09. The number of hydrogen-bond acceptors (Lipinski definition) is 8. The maximum absolute atomic E-state index is 12.0. The van der Waals surface area contributed by atoms with Crippen molar-refractivity contribution in [1.29, 1.82) is 0 Å². The van der Waals surface area contributed by atoms with Crippen LogP contribution in [0.2, 0.25) is 0 Å². The van der Waals surface area contributed by atoms with E-state index in [9.17, 15) is 9.59 Å². The molecule has 10 nitrogen and oxygen atoms in total. The van der Waals surface area contributed by atoms with Gasteiger partial charge in [0, 0.05) is 12.8 Å². The van der Waals surface area contributed by atoms with Gasteiger partial charge in [0.05, 0.1) is 26.6 Å². The number of nitrogens with one attached hydrogen (secondary N) is 2. The van der Waals surface area contributed by atoms with Gasteiger partial charge in [0.15, 0.2) is 23.0 Å². The molecule has 0 aliphatic rings. The zero-order valence-electron chi connectivity index (χ0n) is 21.1. The van der Waals surface area contributed by atoms with E-state index in [0.717, 1.165) is 11.1 Å². The minimum absolute atomic E-state index is 0.134. The van der Waals surface area contributed by atoms with Crippen LogP contribution in [0.1, 0.15) is 30.4 Å². The molecule has 0 aliphatic heterocycles. The third-order valence-electron chi connectivity index (χ3n) is 4.70. The number of hydrazone groups is 2. The van der Waals surface area contributed by atoms with E-state index in [1.54, 1.807) is 48.6 Å². The molecule has 0 spiro atoms. The molecule has 0 radical (unpaired) electrons. The van der Waals surface area contributed by atoms with Crippen LogP contribution in [0.15, 0.2) is 71.9 Å². The Morgan fingerprint density at radius 2 is 1.19 bits per heavy atom. The van der Waals surface area contributed by atoms with E-state index in [1.807, 2.05) is 0 Å². The van der Waals surface area contributed by atoms with Crippen molar-refractivity contribution in [3.05, 3.63) is 72.8 Å². The van der Waals surface area contributed by atoms with E-state index >= 15 is 0 Å². The lowest BCUT2D eigenvalue weighted by molar-refractivity contribution is -0.122. The Kier molecular flexibility index (Phi) is 12.5. The smallest absolute Gasteiger partial charge is 0.240 e. The first-order chi connectivity index (χ1) is 18.0. The fraction of sp³-hybridized carbons (Fsp3) is 0.259. The second-order valence-electron chi connectivity index (χ2n) is 7.46. The molecular formula is C27H32N4O6. The summed E-state index contributed by atoms with van der Waals surface area (Å²) in [4.78, 5) is 24.0. The number of ether oxygens (including phenoxy) is 4. The van der Waals surface area contributed by atoms with Gasteiger partial charge in [-0.2, -0.15) is 10.2 Å². The lowest BCUT2D eigenvalue weighted by Crippen LogP contribution is -2.20. The zero-order chi connectivity index (χ0) is 26.9. The number of carbonyl (C=O) groups is 2. The molecule has 0 heterocycles. The van der Waals surface area contributed by atoms with Crippen LogP contribution < -0.4 is 29.8 Å². The second-order valence-corrected chi connectivity index (χ2v) is 7.46. The Balaban J connectivity index is 1.73. The first kappa shape index (κ1) is 28.6. The summed E-state index contributed by atoms with van der Waals surface area (Å²) in [5.41, 5.74) is 6.32. The van der Waals surface area contributed by atoms with Crippen molar-refractivity contribution in [3.63, 3.8) is 0 Å². The van der Waals surface area contributed by atoms with Crippen molar-refractivity contribution in [2.45, 2.75) is 19.3 Å². The van der Waals surface area contributed by atoms with Gasteiger partial charge in [-0.15, -0.1) is 0 Å². The van der Waals surface area contributed by atoms with E-state index in [4.69, 9.17) is 18.9 Å². The zero-order valence-corrected chi connectivity index (χ0v) is 21.1. The molecular weight excluding hydrogens is 476 g/mol. The van der Waals surface area contributed by atoms with Crippen molar-refractivity contribution in [3.8, 4) is 23.0 Å². The molecule has 37 heavy (non-hydrogen) atoms. The molecule has 2 aromatic rings. The first-order valence-electron chi connectivity index (χ1n) is 11.5. The molecule has 0 saturated heterocycles. The molecule has 0 unspecified atom stereocenters. The Bertz CT molecular complexity index is 1040. The molecule has 196 valence electrons. The van der Waals surface area contributed by atoms with Crippen LogP contribution >= 0.6 is 0 Å². The predicted octanol–water partition coefficient (Wildman–Crippen LogP) is 3.60. The van der Waals surface area contributed by atoms with E-state index in [0.29, 0.717) is 42.6 Å². The Hall–Kier alpha value is -4.60. The molecule has 0 aromatic heterocycles. The summed E-state index contributed by atoms with van der Waals surface area (Å²) in [7, 11) is 3.07. The molecule has 0 fully saturated rings. The minimum atomic E-state index is -0.309. The standard InChI is InChI=1S/C27H32N4O6/c1-5-14-36-22-12-10-20(16-24(22)34-3)18-28-30-26(32)8-7-9-27(33)31-29-19-21-11-13-23(37-15-6-2)25(17-21)35-4/h5-6,10-13,16-19H,1-2,7-9,14-15H2,3-4H3,(H,30,32)(H,31,33)/b28-18-,29-19-. The van der Waals surface area contributed by atoms with Crippen LogP contribution in [0.5, 0.6) is 23.0 Å². The summed E-state index contributed by atoms with van der Waals surface area (Å²) >= 11 is 0. The van der Waals surface area contributed by atoms with Crippen LogP contribution in [0, 0.1) is 0 Å². The average molecular weight is 509 g/mol. The highest BCUT2D eigenvalue weighted by molar-refractivity contribution is 5.84. The summed E-state index contributed by atoms with van der Waals surface area (Å²) in [6, 6.07) is 10.5. The fourth-order valence-corrected chi connectivity index (χ4v) is 2.94. The highest BCUT2D eigenvalue weighted by Gasteiger charge is 2.07. The Labute approximate surface area is 216 Å². The van der Waals surface area contributed by atoms with Gasteiger partial charge < -0.3 is 18.9 Å². The number of carbonyl (C=O) groups excluding carboxylic acids is 2.